The van der Waals surface area contributed by atoms with Crippen LogP contribution in [0.25, 0.3) is 0 Å². The van der Waals surface area contributed by atoms with Crippen molar-refractivity contribution in [1.82, 2.24) is 10.2 Å². The van der Waals surface area contributed by atoms with E-state index in [1.54, 1.807) is 0 Å². The molecule has 2 fully saturated rings. The van der Waals surface area contributed by atoms with Crippen LogP contribution < -0.4 is 11.1 Å². The Hall–Kier alpha value is -0.610. The van der Waals surface area contributed by atoms with Gasteiger partial charge in [0.1, 0.15) is 0 Å². The molecule has 0 bridgehead atoms. The van der Waals surface area contributed by atoms with Crippen molar-refractivity contribution >= 4 is 5.91 Å². The molecule has 1 aliphatic carbocycles. The van der Waals surface area contributed by atoms with Gasteiger partial charge in [0.05, 0.1) is 0 Å². The van der Waals surface area contributed by atoms with E-state index in [1.807, 2.05) is 0 Å². The van der Waals surface area contributed by atoms with Crippen LogP contribution >= 0.6 is 0 Å². The highest BCUT2D eigenvalue weighted by Crippen LogP contribution is 2.29. The molecule has 2 aliphatic rings. The van der Waals surface area contributed by atoms with Crippen molar-refractivity contribution in [3.05, 3.63) is 0 Å². The minimum atomic E-state index is 0.130. The molecule has 1 aliphatic heterocycles. The SMILES string of the molecule is CC1CCC(N)CC1C(=O)NCCN1CCCCC1. The van der Waals surface area contributed by atoms with E-state index >= 15 is 0 Å². The summed E-state index contributed by atoms with van der Waals surface area (Å²) < 4.78 is 0. The van der Waals surface area contributed by atoms with Crippen LogP contribution in [0.2, 0.25) is 0 Å². The maximum atomic E-state index is 12.2. The van der Waals surface area contributed by atoms with E-state index in [9.17, 15) is 4.79 Å². The Kier molecular flexibility index (Phi) is 5.64. The zero-order valence-electron chi connectivity index (χ0n) is 12.2. The van der Waals surface area contributed by atoms with Crippen molar-refractivity contribution in [3.63, 3.8) is 0 Å². The third kappa shape index (κ3) is 4.46. The number of nitrogens with zero attached hydrogens (tertiary/aromatic N) is 1. The van der Waals surface area contributed by atoms with Crippen LogP contribution in [0.1, 0.15) is 45.4 Å². The molecule has 0 aromatic carbocycles. The molecule has 0 radical (unpaired) electrons. The highest BCUT2D eigenvalue weighted by atomic mass is 16.1. The predicted octanol–water partition coefficient (Wildman–Crippen LogP) is 1.35. The molecular weight excluding hydrogens is 238 g/mol. The number of amides is 1. The van der Waals surface area contributed by atoms with Crippen LogP contribution in [0.3, 0.4) is 0 Å². The molecule has 1 saturated heterocycles. The molecule has 19 heavy (non-hydrogen) atoms. The summed E-state index contributed by atoms with van der Waals surface area (Å²) in [6.07, 6.45) is 6.99. The topological polar surface area (TPSA) is 58.4 Å². The van der Waals surface area contributed by atoms with Gasteiger partial charge in [-0.3, -0.25) is 4.79 Å². The summed E-state index contributed by atoms with van der Waals surface area (Å²) in [6, 6.07) is 0.217. The maximum absolute atomic E-state index is 12.2. The molecule has 3 unspecified atom stereocenters. The molecule has 1 saturated carbocycles. The lowest BCUT2D eigenvalue weighted by Crippen LogP contribution is -2.44. The van der Waals surface area contributed by atoms with Crippen LogP contribution in [0.5, 0.6) is 0 Å². The smallest absolute Gasteiger partial charge is 0.223 e. The van der Waals surface area contributed by atoms with Gasteiger partial charge in [0, 0.05) is 25.0 Å². The highest BCUT2D eigenvalue weighted by molar-refractivity contribution is 5.79. The van der Waals surface area contributed by atoms with Crippen molar-refractivity contribution < 1.29 is 4.79 Å². The zero-order chi connectivity index (χ0) is 13.7. The summed E-state index contributed by atoms with van der Waals surface area (Å²) >= 11 is 0. The van der Waals surface area contributed by atoms with Gasteiger partial charge in [-0.05, 0) is 51.1 Å². The van der Waals surface area contributed by atoms with Gasteiger partial charge in [-0.2, -0.15) is 0 Å². The van der Waals surface area contributed by atoms with Crippen LogP contribution in [0.15, 0.2) is 0 Å². The molecule has 1 heterocycles. The number of piperidine rings is 1. The number of rotatable bonds is 4. The summed E-state index contributed by atoms with van der Waals surface area (Å²) in [5.74, 6) is 0.833. The van der Waals surface area contributed by atoms with E-state index in [2.05, 4.69) is 17.1 Å². The van der Waals surface area contributed by atoms with Gasteiger partial charge < -0.3 is 16.0 Å². The Morgan fingerprint density at radius 3 is 2.74 bits per heavy atom. The van der Waals surface area contributed by atoms with Crippen molar-refractivity contribution in [1.29, 1.82) is 0 Å². The average molecular weight is 267 g/mol. The molecule has 1 amide bonds. The summed E-state index contributed by atoms with van der Waals surface area (Å²) in [5, 5.41) is 3.11. The first-order valence-corrected chi connectivity index (χ1v) is 7.92. The third-order valence-electron chi connectivity index (χ3n) is 4.75. The molecule has 4 nitrogen and oxygen atoms in total. The number of carbonyl (C=O) groups excluding carboxylic acids is 1. The standard InChI is InChI=1S/C15H29N3O/c1-12-5-6-13(16)11-14(12)15(19)17-7-10-18-8-3-2-4-9-18/h12-14H,2-11,16H2,1H3,(H,17,19). The van der Waals surface area contributed by atoms with E-state index in [1.165, 1.54) is 32.4 Å². The average Bonchev–Trinajstić information content (AvgIpc) is 2.42. The number of hydrogen-bond acceptors (Lipinski definition) is 3. The minimum Gasteiger partial charge on any atom is -0.355 e. The van der Waals surface area contributed by atoms with Gasteiger partial charge >= 0.3 is 0 Å². The summed E-state index contributed by atoms with van der Waals surface area (Å²) in [6.45, 7) is 6.36. The normalized spacial score (nSPS) is 33.1. The van der Waals surface area contributed by atoms with E-state index in [4.69, 9.17) is 5.73 Å². The second-order valence-electron chi connectivity index (χ2n) is 6.35. The lowest BCUT2D eigenvalue weighted by molar-refractivity contribution is -0.127. The van der Waals surface area contributed by atoms with Crippen molar-refractivity contribution in [3.8, 4) is 0 Å². The van der Waals surface area contributed by atoms with E-state index in [0.29, 0.717) is 5.92 Å². The number of hydrogen-bond donors (Lipinski definition) is 2. The Morgan fingerprint density at radius 1 is 1.26 bits per heavy atom. The fraction of sp³-hybridized carbons (Fsp3) is 0.933. The second-order valence-corrected chi connectivity index (χ2v) is 6.35. The second kappa shape index (κ2) is 7.25. The van der Waals surface area contributed by atoms with Gasteiger partial charge in [-0.15, -0.1) is 0 Å². The van der Waals surface area contributed by atoms with E-state index in [-0.39, 0.29) is 17.9 Å². The first-order valence-electron chi connectivity index (χ1n) is 7.92. The van der Waals surface area contributed by atoms with Gasteiger partial charge in [0.15, 0.2) is 0 Å². The summed E-state index contributed by atoms with van der Waals surface area (Å²) in [7, 11) is 0. The first-order chi connectivity index (χ1) is 9.16. The van der Waals surface area contributed by atoms with Crippen molar-refractivity contribution in [2.24, 2.45) is 17.6 Å². The largest absolute Gasteiger partial charge is 0.355 e. The third-order valence-corrected chi connectivity index (χ3v) is 4.75. The Labute approximate surface area is 117 Å². The number of carbonyl (C=O) groups is 1. The molecule has 0 aromatic heterocycles. The maximum Gasteiger partial charge on any atom is 0.223 e. The zero-order valence-corrected chi connectivity index (χ0v) is 12.2. The molecule has 110 valence electrons. The van der Waals surface area contributed by atoms with Gasteiger partial charge in [-0.25, -0.2) is 0 Å². The minimum absolute atomic E-state index is 0.130. The Morgan fingerprint density at radius 2 is 2.00 bits per heavy atom. The molecule has 0 aromatic rings. The van der Waals surface area contributed by atoms with Crippen LogP contribution in [0.4, 0.5) is 0 Å². The molecule has 3 atom stereocenters. The Balaban J connectivity index is 1.68. The number of likely N-dealkylation sites (tertiary alicyclic amines) is 1. The van der Waals surface area contributed by atoms with Crippen LogP contribution in [-0.2, 0) is 4.79 Å². The summed E-state index contributed by atoms with van der Waals surface area (Å²) in [4.78, 5) is 14.7. The van der Waals surface area contributed by atoms with Crippen LogP contribution in [0, 0.1) is 11.8 Å². The van der Waals surface area contributed by atoms with Gasteiger partial charge in [0.2, 0.25) is 5.91 Å². The molecule has 0 spiro atoms. The highest BCUT2D eigenvalue weighted by Gasteiger charge is 2.30. The van der Waals surface area contributed by atoms with Crippen LogP contribution in [-0.4, -0.2) is 43.0 Å². The van der Waals surface area contributed by atoms with Crippen molar-refractivity contribution in [2.45, 2.75) is 51.5 Å². The van der Waals surface area contributed by atoms with E-state index in [0.717, 1.165) is 32.4 Å². The predicted molar refractivity (Wildman–Crippen MR) is 77.8 cm³/mol. The van der Waals surface area contributed by atoms with Gasteiger partial charge in [0.25, 0.3) is 0 Å². The number of nitrogens with one attached hydrogen (secondary N) is 1. The fourth-order valence-electron chi connectivity index (χ4n) is 3.37. The molecule has 3 N–H and O–H groups in total. The molecular formula is C15H29N3O. The number of nitrogens with two attached hydrogens (primary N) is 1. The van der Waals surface area contributed by atoms with Gasteiger partial charge in [-0.1, -0.05) is 13.3 Å². The quantitative estimate of drug-likeness (QED) is 0.808. The Bertz CT molecular complexity index is 289. The molecule has 2 rings (SSSR count). The monoisotopic (exact) mass is 267 g/mol. The van der Waals surface area contributed by atoms with E-state index < -0.39 is 0 Å². The first kappa shape index (κ1) is 14.8. The lowest BCUT2D eigenvalue weighted by Gasteiger charge is -2.32. The molecule has 4 heteroatoms. The fourth-order valence-corrected chi connectivity index (χ4v) is 3.37. The summed E-state index contributed by atoms with van der Waals surface area (Å²) in [5.41, 5.74) is 5.98. The van der Waals surface area contributed by atoms with Crippen molar-refractivity contribution in [2.75, 3.05) is 26.2 Å². The lowest BCUT2D eigenvalue weighted by atomic mass is 9.78.